The molecule has 4 aliphatic carbocycles. The van der Waals surface area contributed by atoms with Crippen molar-refractivity contribution >= 4 is 0 Å². The van der Waals surface area contributed by atoms with E-state index in [4.69, 9.17) is 0 Å². The van der Waals surface area contributed by atoms with Crippen LogP contribution in [0.15, 0.2) is 0 Å². The Bertz CT molecular complexity index is 207. The minimum atomic E-state index is -0.720. The van der Waals surface area contributed by atoms with Crippen LogP contribution in [-0.4, -0.2) is 5.67 Å². The van der Waals surface area contributed by atoms with Crippen LogP contribution in [0.25, 0.3) is 0 Å². The van der Waals surface area contributed by atoms with E-state index in [1.54, 1.807) is 0 Å². The summed E-state index contributed by atoms with van der Waals surface area (Å²) in [7, 11) is 0. The van der Waals surface area contributed by atoms with Crippen LogP contribution < -0.4 is 0 Å². The topological polar surface area (TPSA) is 0 Å². The summed E-state index contributed by atoms with van der Waals surface area (Å²) >= 11 is 0. The van der Waals surface area contributed by atoms with Crippen molar-refractivity contribution in [2.24, 2.45) is 23.7 Å². The zero-order valence-corrected chi connectivity index (χ0v) is 8.43. The van der Waals surface area contributed by atoms with Gasteiger partial charge in [-0.1, -0.05) is 13.3 Å². The van der Waals surface area contributed by atoms with E-state index < -0.39 is 5.67 Å². The first-order chi connectivity index (χ1) is 6.20. The van der Waals surface area contributed by atoms with Gasteiger partial charge >= 0.3 is 0 Å². The van der Waals surface area contributed by atoms with Crippen LogP contribution in [0.4, 0.5) is 4.39 Å². The fraction of sp³-hybridized carbons (Fsp3) is 1.00. The maximum Gasteiger partial charge on any atom is 0.111 e. The third-order valence-electron chi connectivity index (χ3n) is 4.87. The molecule has 0 aromatic rings. The molecule has 1 heteroatoms. The van der Waals surface area contributed by atoms with E-state index in [2.05, 4.69) is 6.92 Å². The predicted octanol–water partition coefficient (Wildman–Crippen LogP) is 3.56. The second kappa shape index (κ2) is 2.49. The number of hydrogen-bond acceptors (Lipinski definition) is 0. The maximum absolute atomic E-state index is 14.2. The largest absolute Gasteiger partial charge is 0.244 e. The fourth-order valence-corrected chi connectivity index (χ4v) is 4.70. The maximum atomic E-state index is 14.2. The fourth-order valence-electron chi connectivity index (χ4n) is 4.70. The van der Waals surface area contributed by atoms with E-state index in [0.29, 0.717) is 0 Å². The van der Waals surface area contributed by atoms with E-state index in [1.807, 2.05) is 0 Å². The molecule has 4 fully saturated rings. The number of halogens is 1. The molecule has 0 heterocycles. The Morgan fingerprint density at radius 3 is 2.23 bits per heavy atom. The van der Waals surface area contributed by atoms with Crippen molar-refractivity contribution in [3.8, 4) is 0 Å². The molecule has 0 N–H and O–H groups in total. The van der Waals surface area contributed by atoms with Crippen LogP contribution in [0.2, 0.25) is 0 Å². The summed E-state index contributed by atoms with van der Waals surface area (Å²) in [6, 6.07) is 0. The number of alkyl halides is 1. The molecule has 0 amide bonds. The van der Waals surface area contributed by atoms with Crippen LogP contribution in [0.5, 0.6) is 0 Å². The summed E-state index contributed by atoms with van der Waals surface area (Å²) in [4.78, 5) is 0. The molecular weight excluding hydrogens is 163 g/mol. The van der Waals surface area contributed by atoms with Gasteiger partial charge in [-0.15, -0.1) is 0 Å². The van der Waals surface area contributed by atoms with Crippen LogP contribution in [0.3, 0.4) is 0 Å². The highest BCUT2D eigenvalue weighted by Gasteiger charge is 2.55. The SMILES string of the molecule is CCC1C2CC3CC1CC(F)(C3)C2. The molecule has 0 radical (unpaired) electrons. The number of hydrogen-bond donors (Lipinski definition) is 0. The Hall–Kier alpha value is -0.0700. The molecule has 2 atom stereocenters. The van der Waals surface area contributed by atoms with E-state index in [9.17, 15) is 4.39 Å². The molecule has 13 heavy (non-hydrogen) atoms. The van der Waals surface area contributed by atoms with E-state index in [-0.39, 0.29) is 0 Å². The summed E-state index contributed by atoms with van der Waals surface area (Å²) in [6.45, 7) is 2.29. The van der Waals surface area contributed by atoms with Gasteiger partial charge in [0.15, 0.2) is 0 Å². The highest BCUT2D eigenvalue weighted by molar-refractivity contribution is 5.05. The van der Waals surface area contributed by atoms with Gasteiger partial charge < -0.3 is 0 Å². The first kappa shape index (κ1) is 8.26. The van der Waals surface area contributed by atoms with E-state index >= 15 is 0 Å². The molecule has 74 valence electrons. The van der Waals surface area contributed by atoms with Gasteiger partial charge in [-0.2, -0.15) is 0 Å². The predicted molar refractivity (Wildman–Crippen MR) is 51.2 cm³/mol. The van der Waals surface area contributed by atoms with Crippen molar-refractivity contribution in [1.29, 1.82) is 0 Å². The van der Waals surface area contributed by atoms with Gasteiger partial charge in [0, 0.05) is 0 Å². The van der Waals surface area contributed by atoms with Crippen molar-refractivity contribution in [3.63, 3.8) is 0 Å². The standard InChI is InChI=1S/C12H19F/c1-2-11-9-3-8-4-10(11)7-12(13,5-8)6-9/h8-11H,2-7H2,1H3. The van der Waals surface area contributed by atoms with Crippen molar-refractivity contribution in [2.45, 2.75) is 51.1 Å². The summed E-state index contributed by atoms with van der Waals surface area (Å²) in [5.74, 6) is 3.13. The Balaban J connectivity index is 1.90. The van der Waals surface area contributed by atoms with Crippen molar-refractivity contribution in [2.75, 3.05) is 0 Å². The second-order valence-corrected chi connectivity index (χ2v) is 5.69. The van der Waals surface area contributed by atoms with Gasteiger partial charge in [-0.3, -0.25) is 0 Å². The van der Waals surface area contributed by atoms with Crippen molar-refractivity contribution in [1.82, 2.24) is 0 Å². The lowest BCUT2D eigenvalue weighted by Gasteiger charge is -2.57. The normalized spacial score (nSPS) is 58.6. The van der Waals surface area contributed by atoms with Gasteiger partial charge in [-0.25, -0.2) is 4.39 Å². The van der Waals surface area contributed by atoms with Gasteiger partial charge in [0.05, 0.1) is 0 Å². The summed E-state index contributed by atoms with van der Waals surface area (Å²) in [5.41, 5.74) is -0.720. The molecule has 2 unspecified atom stereocenters. The quantitative estimate of drug-likeness (QED) is 0.581. The van der Waals surface area contributed by atoms with Gasteiger partial charge in [-0.05, 0) is 55.8 Å². The van der Waals surface area contributed by atoms with Crippen LogP contribution in [0.1, 0.15) is 45.4 Å². The number of rotatable bonds is 1. The summed E-state index contributed by atoms with van der Waals surface area (Å²) in [5, 5.41) is 0. The lowest BCUT2D eigenvalue weighted by molar-refractivity contribution is -0.110. The summed E-state index contributed by atoms with van der Waals surface area (Å²) in [6.07, 6.45) is 6.69. The molecule has 0 saturated heterocycles. The average Bonchev–Trinajstić information content (AvgIpc) is 2.00. The molecule has 0 nitrogen and oxygen atoms in total. The molecule has 4 rings (SSSR count). The molecule has 0 aromatic heterocycles. The van der Waals surface area contributed by atoms with E-state index in [0.717, 1.165) is 42.9 Å². The van der Waals surface area contributed by atoms with Crippen molar-refractivity contribution < 1.29 is 4.39 Å². The van der Waals surface area contributed by atoms with Gasteiger partial charge in [0.1, 0.15) is 5.67 Å². The Labute approximate surface area is 79.9 Å². The molecule has 4 aliphatic rings. The minimum Gasteiger partial charge on any atom is -0.244 e. The zero-order chi connectivity index (χ0) is 9.05. The van der Waals surface area contributed by atoms with Crippen molar-refractivity contribution in [3.05, 3.63) is 0 Å². The highest BCUT2D eigenvalue weighted by Crippen LogP contribution is 2.60. The highest BCUT2D eigenvalue weighted by atomic mass is 19.1. The van der Waals surface area contributed by atoms with Crippen LogP contribution in [0, 0.1) is 23.7 Å². The third-order valence-corrected chi connectivity index (χ3v) is 4.87. The first-order valence-corrected chi connectivity index (χ1v) is 5.89. The van der Waals surface area contributed by atoms with Gasteiger partial charge in [0.2, 0.25) is 0 Å². The lowest BCUT2D eigenvalue weighted by atomic mass is 9.50. The Morgan fingerprint density at radius 2 is 1.77 bits per heavy atom. The van der Waals surface area contributed by atoms with E-state index in [1.165, 1.54) is 19.3 Å². The molecule has 4 saturated carbocycles. The first-order valence-electron chi connectivity index (χ1n) is 5.89. The minimum absolute atomic E-state index is 0.720. The van der Waals surface area contributed by atoms with Crippen LogP contribution in [-0.2, 0) is 0 Å². The lowest BCUT2D eigenvalue weighted by Crippen LogP contribution is -2.52. The second-order valence-electron chi connectivity index (χ2n) is 5.69. The Kier molecular flexibility index (Phi) is 1.58. The Morgan fingerprint density at radius 1 is 1.15 bits per heavy atom. The average molecular weight is 182 g/mol. The van der Waals surface area contributed by atoms with Gasteiger partial charge in [0.25, 0.3) is 0 Å². The monoisotopic (exact) mass is 182 g/mol. The molecule has 0 aromatic carbocycles. The molecule has 4 bridgehead atoms. The molecular formula is C12H19F. The third kappa shape index (κ3) is 1.08. The van der Waals surface area contributed by atoms with Crippen LogP contribution >= 0.6 is 0 Å². The zero-order valence-electron chi connectivity index (χ0n) is 8.43. The molecule has 0 spiro atoms. The smallest absolute Gasteiger partial charge is 0.111 e. The molecule has 0 aliphatic heterocycles. The summed E-state index contributed by atoms with van der Waals surface area (Å²) < 4.78 is 14.2.